The standard InChI is InChI=1S/C109H196F4N4O5/c1-106(2,3)122-105(118)116-92-84-80-76-72-68-64-60-56-52-48-44-40-36-32-28-24-20-16-12-11-14-18-22-26-30-34-38-42-46-50-54-58-62-66-70-74-78-82-90-107(99-117(94-86-93-116)104-114-102(109(111,112)113)98-103(115-104)121-101-88-85-87-100(110)97-101)89-81-77-73-69-65-61-57-53-49-45-41-37-33-29-25-21-17-13-9-7-5-4-6-8-10-15-19-23-27-31-35-39-43-47-51-55-59-63-67-71-75-79-83-91-108(107)119-95-96-120-108/h85,87-88,97-98H,4-84,86,89-96,99H2,1-3H3. The van der Waals surface area contributed by atoms with E-state index in [1.807, 2.05) is 30.6 Å². The number of carbonyl (C=O) groups is 1. The zero-order chi connectivity index (χ0) is 86.7. The smallest absolute Gasteiger partial charge is 0.433 e. The number of rotatable bonds is 3. The van der Waals surface area contributed by atoms with E-state index < -0.39 is 34.5 Å². The molecule has 0 radical (unpaired) electrons. The number of halogens is 4. The molecule has 3 fully saturated rings. The highest BCUT2D eigenvalue weighted by Crippen LogP contribution is 2.51. The largest absolute Gasteiger partial charge is 0.444 e. The van der Waals surface area contributed by atoms with E-state index in [1.165, 1.54) is 467 Å². The van der Waals surface area contributed by atoms with Crippen molar-refractivity contribution in [2.75, 3.05) is 44.3 Å². The number of fused-ring (bicyclic) bond motifs is 1. The number of aromatic nitrogens is 2. The van der Waals surface area contributed by atoms with Crippen LogP contribution in [0, 0.1) is 11.2 Å². The van der Waals surface area contributed by atoms with Crippen molar-refractivity contribution in [3.05, 3.63) is 41.8 Å². The number of hydrogen-bond acceptors (Lipinski definition) is 8. The number of alkyl halides is 3. The molecule has 1 aromatic heterocycles. The first-order valence-electron chi connectivity index (χ1n) is 54.2. The highest BCUT2D eigenvalue weighted by atomic mass is 19.4. The van der Waals surface area contributed by atoms with Crippen LogP contribution >= 0.6 is 0 Å². The molecule has 9 nitrogen and oxygen atoms in total. The quantitative estimate of drug-likeness (QED) is 0.281. The van der Waals surface area contributed by atoms with Gasteiger partial charge in [-0.15, -0.1) is 0 Å². The monoisotopic (exact) mass is 1720 g/mol. The normalized spacial score (nSPS) is 23.7. The van der Waals surface area contributed by atoms with E-state index in [0.717, 1.165) is 96.0 Å². The first-order valence-corrected chi connectivity index (χ1v) is 54.2. The topological polar surface area (TPSA) is 86.2 Å². The van der Waals surface area contributed by atoms with Crippen LogP contribution in [0.5, 0.6) is 11.6 Å². The van der Waals surface area contributed by atoms with Crippen molar-refractivity contribution >= 4 is 12.0 Å². The molecule has 1 aromatic carbocycles. The molecular formula is C109H196F4N4O5. The summed E-state index contributed by atoms with van der Waals surface area (Å²) in [7, 11) is 0. The van der Waals surface area contributed by atoms with Crippen LogP contribution in [0.1, 0.15) is 572 Å². The number of hydrogen-bond donors (Lipinski definition) is 0. The summed E-state index contributed by atoms with van der Waals surface area (Å²) in [6, 6.07) is 6.33. The van der Waals surface area contributed by atoms with Gasteiger partial charge in [0.15, 0.2) is 11.5 Å². The number of benzene rings is 1. The van der Waals surface area contributed by atoms with Crippen molar-refractivity contribution in [3.8, 4) is 11.6 Å². The third-order valence-corrected chi connectivity index (χ3v) is 27.8. The van der Waals surface area contributed by atoms with Gasteiger partial charge in [-0.25, -0.2) is 14.2 Å². The molecule has 2 aromatic rings. The first-order chi connectivity index (χ1) is 59.8. The molecule has 13 heteroatoms. The van der Waals surface area contributed by atoms with E-state index in [-0.39, 0.29) is 30.2 Å². The van der Waals surface area contributed by atoms with Crippen molar-refractivity contribution < 1.29 is 41.3 Å². The lowest BCUT2D eigenvalue weighted by molar-refractivity contribution is -0.246. The Balaban J connectivity index is 1.39. The third kappa shape index (κ3) is 57.7. The van der Waals surface area contributed by atoms with Gasteiger partial charge in [0.2, 0.25) is 11.8 Å². The summed E-state index contributed by atoms with van der Waals surface area (Å²) in [5.41, 5.74) is -2.53. The van der Waals surface area contributed by atoms with Gasteiger partial charge in [0.1, 0.15) is 17.2 Å². The number of carbonyl (C=O) groups excluding carboxylic acids is 1. The van der Waals surface area contributed by atoms with Crippen molar-refractivity contribution in [2.45, 2.75) is 584 Å². The fraction of sp³-hybridized carbons (Fsp3) is 0.899. The fourth-order valence-corrected chi connectivity index (χ4v) is 20.2. The summed E-state index contributed by atoms with van der Waals surface area (Å²) in [5.74, 6) is -1.93. The molecule has 3 aliphatic rings. The Morgan fingerprint density at radius 2 is 0.598 bits per heavy atom. The van der Waals surface area contributed by atoms with E-state index >= 15 is 13.2 Å². The van der Waals surface area contributed by atoms with Crippen LogP contribution in [0.4, 0.5) is 28.3 Å². The maximum atomic E-state index is 15.6. The molecule has 0 N–H and O–H groups in total. The Morgan fingerprint density at radius 1 is 0.336 bits per heavy atom. The minimum atomic E-state index is -4.85. The third-order valence-electron chi connectivity index (χ3n) is 27.8. The van der Waals surface area contributed by atoms with Crippen LogP contribution < -0.4 is 9.64 Å². The lowest BCUT2D eigenvalue weighted by atomic mass is 9.68. The molecule has 1 aliphatic carbocycles. The predicted molar refractivity (Wildman–Crippen MR) is 513 cm³/mol. The van der Waals surface area contributed by atoms with Crippen LogP contribution in [-0.4, -0.2) is 71.7 Å². The van der Waals surface area contributed by atoms with Crippen LogP contribution in [0.15, 0.2) is 30.3 Å². The predicted octanol–water partition coefficient (Wildman–Crippen LogP) is 37.4. The van der Waals surface area contributed by atoms with Crippen LogP contribution in [0.2, 0.25) is 0 Å². The Morgan fingerprint density at radius 3 is 0.869 bits per heavy atom. The number of nitrogens with zero attached hydrogens (tertiary/aromatic N) is 4. The fourth-order valence-electron chi connectivity index (χ4n) is 20.2. The van der Waals surface area contributed by atoms with Gasteiger partial charge in [0.05, 0.1) is 13.2 Å². The van der Waals surface area contributed by atoms with Crippen molar-refractivity contribution in [1.82, 2.24) is 14.9 Å². The minimum Gasteiger partial charge on any atom is -0.444 e. The van der Waals surface area contributed by atoms with E-state index in [4.69, 9.17) is 23.9 Å². The van der Waals surface area contributed by atoms with E-state index in [0.29, 0.717) is 45.7 Å². The average molecular weight is 1720 g/mol. The molecule has 1 saturated carbocycles. The van der Waals surface area contributed by atoms with Crippen LogP contribution in [-0.2, 0) is 20.4 Å². The van der Waals surface area contributed by atoms with Crippen LogP contribution in [0.25, 0.3) is 0 Å². The van der Waals surface area contributed by atoms with Gasteiger partial charge in [0.25, 0.3) is 0 Å². The van der Waals surface area contributed by atoms with Crippen molar-refractivity contribution in [3.63, 3.8) is 0 Å². The highest BCUT2D eigenvalue weighted by molar-refractivity contribution is 5.68. The molecule has 1 atom stereocenters. The SMILES string of the molecule is CC(C)(C)OC(=O)N1CCCCCCCCCCCCCCCCCCCCCCCCCCCCCCCCCCCCCCCCC2(CCCCCCCCCCCCCCCCCCCCCCCCCCCCCCCCCCCCCCCCCCCCCC23OCCO3)CN(c2nc(Oc3cccc(F)c3)cc(C(F)(F)F)n2)CCC1. The zero-order valence-corrected chi connectivity index (χ0v) is 80.6. The van der Waals surface area contributed by atoms with E-state index in [2.05, 4.69) is 4.98 Å². The second-order valence-electron chi connectivity index (χ2n) is 40.3. The summed E-state index contributed by atoms with van der Waals surface area (Å²) in [5, 5.41) is 0. The molecule has 1 amide bonds. The van der Waals surface area contributed by atoms with Gasteiger partial charge in [-0.1, -0.05) is 513 Å². The first kappa shape index (κ1) is 109. The summed E-state index contributed by atoms with van der Waals surface area (Å²) in [4.78, 5) is 27.7. The number of amides is 1. The van der Waals surface area contributed by atoms with Gasteiger partial charge in [-0.05, 0) is 65.0 Å². The summed E-state index contributed by atoms with van der Waals surface area (Å²) in [6.07, 6.45) is 104. The average Bonchev–Trinajstić information content (AvgIpc) is 1.46. The highest BCUT2D eigenvalue weighted by Gasteiger charge is 2.55. The molecular weight excluding hydrogens is 1520 g/mol. The summed E-state index contributed by atoms with van der Waals surface area (Å²) in [6.45, 7) is 8.04. The molecule has 122 heavy (non-hydrogen) atoms. The Labute approximate surface area is 751 Å². The second kappa shape index (κ2) is 74.6. The second-order valence-corrected chi connectivity index (χ2v) is 40.3. The lowest BCUT2D eigenvalue weighted by Gasteiger charge is -2.50. The maximum absolute atomic E-state index is 15.6. The summed E-state index contributed by atoms with van der Waals surface area (Å²) >= 11 is 0. The van der Waals surface area contributed by atoms with Crippen molar-refractivity contribution in [2.24, 2.45) is 5.41 Å². The van der Waals surface area contributed by atoms with E-state index in [9.17, 15) is 9.18 Å². The lowest BCUT2D eigenvalue weighted by Crippen LogP contribution is -2.56. The van der Waals surface area contributed by atoms with Gasteiger partial charge < -0.3 is 28.7 Å². The molecule has 3 heterocycles. The Bertz CT molecular complexity index is 2630. The van der Waals surface area contributed by atoms with Crippen LogP contribution in [0.3, 0.4) is 0 Å². The maximum Gasteiger partial charge on any atom is 0.433 e. The molecule has 2 spiro atoms. The molecule has 5 rings (SSSR count). The Kier molecular flexibility index (Phi) is 66.8. The number of ether oxygens (including phenoxy) is 4. The molecule has 710 valence electrons. The van der Waals surface area contributed by atoms with Crippen molar-refractivity contribution in [1.29, 1.82) is 0 Å². The molecule has 2 aliphatic heterocycles. The zero-order valence-electron chi connectivity index (χ0n) is 80.6. The molecule has 2 saturated heterocycles. The van der Waals surface area contributed by atoms with Gasteiger partial charge in [-0.2, -0.15) is 18.2 Å². The van der Waals surface area contributed by atoms with Gasteiger partial charge >= 0.3 is 12.3 Å². The van der Waals surface area contributed by atoms with Gasteiger partial charge in [-0.3, -0.25) is 0 Å². The Hall–Kier alpha value is -3.19. The minimum absolute atomic E-state index is 0.0455. The van der Waals surface area contributed by atoms with E-state index in [1.54, 1.807) is 0 Å². The summed E-state index contributed by atoms with van der Waals surface area (Å²) < 4.78 is 88.7. The molecule has 1 unspecified atom stereocenters. The number of anilines is 1. The molecule has 0 bridgehead atoms. The van der Waals surface area contributed by atoms with Gasteiger partial charge in [0, 0.05) is 50.1 Å².